The highest BCUT2D eigenvalue weighted by atomic mass is 19.4. The summed E-state index contributed by atoms with van der Waals surface area (Å²) >= 11 is 0. The van der Waals surface area contributed by atoms with Gasteiger partial charge in [-0.15, -0.1) is 0 Å². The molecule has 1 aliphatic rings. The van der Waals surface area contributed by atoms with Crippen LogP contribution in [0.3, 0.4) is 0 Å². The Bertz CT molecular complexity index is 1760. The molecule has 0 spiro atoms. The van der Waals surface area contributed by atoms with Gasteiger partial charge in [-0.3, -0.25) is 14.6 Å². The molecule has 1 aliphatic heterocycles. The number of alkyl halides is 3. The number of anilines is 1. The van der Waals surface area contributed by atoms with E-state index in [1.165, 1.54) is 36.4 Å². The van der Waals surface area contributed by atoms with Crippen molar-refractivity contribution < 1.29 is 37.0 Å². The van der Waals surface area contributed by atoms with Crippen molar-refractivity contribution in [2.75, 3.05) is 11.5 Å². The summed E-state index contributed by atoms with van der Waals surface area (Å²) in [7, 11) is 0. The number of carbonyl (C=O) groups excluding carboxylic acids is 2. The van der Waals surface area contributed by atoms with Crippen LogP contribution < -0.4 is 19.1 Å². The molecule has 0 fully saturated rings. The third-order valence-electron chi connectivity index (χ3n) is 8.26. The lowest BCUT2D eigenvalue weighted by molar-refractivity contribution is -0.139. The van der Waals surface area contributed by atoms with Crippen molar-refractivity contribution in [2.45, 2.75) is 65.8 Å². The van der Waals surface area contributed by atoms with Crippen LogP contribution >= 0.6 is 0 Å². The summed E-state index contributed by atoms with van der Waals surface area (Å²) < 4.78 is 61.3. The highest BCUT2D eigenvalue weighted by Crippen LogP contribution is 2.45. The molecule has 1 amide bonds. The number of benzene rings is 3. The smallest absolute Gasteiger partial charge is 0.420 e. The molecule has 4 aromatic rings. The number of fused-ring (bicyclic) bond motifs is 1. The summed E-state index contributed by atoms with van der Waals surface area (Å²) in [6, 6.07) is 15.8. The molecule has 46 heavy (non-hydrogen) atoms. The lowest BCUT2D eigenvalue weighted by Gasteiger charge is -2.38. The van der Waals surface area contributed by atoms with E-state index in [9.17, 15) is 22.8 Å². The van der Waals surface area contributed by atoms with Gasteiger partial charge in [0.1, 0.15) is 29.5 Å². The van der Waals surface area contributed by atoms with Gasteiger partial charge < -0.3 is 19.1 Å². The molecule has 10 heteroatoms. The Hall–Kier alpha value is -4.86. The second-order valence-electron chi connectivity index (χ2n) is 11.7. The minimum Gasteiger partial charge on any atom is -0.489 e. The van der Waals surface area contributed by atoms with Gasteiger partial charge in [0.15, 0.2) is 0 Å². The number of hydrogen-bond acceptors (Lipinski definition) is 6. The molecule has 240 valence electrons. The molecule has 0 saturated heterocycles. The first-order valence-electron chi connectivity index (χ1n) is 14.9. The van der Waals surface area contributed by atoms with Crippen LogP contribution in [0.25, 0.3) is 0 Å². The molecule has 1 aromatic heterocycles. The number of hydrogen-bond donors (Lipinski definition) is 0. The van der Waals surface area contributed by atoms with Crippen LogP contribution in [0.2, 0.25) is 0 Å². The molecule has 0 N–H and O–H groups in total. The second kappa shape index (κ2) is 12.9. The zero-order valence-corrected chi connectivity index (χ0v) is 26.3. The Labute approximate surface area is 265 Å². The molecular formula is C36H35F3N2O5. The van der Waals surface area contributed by atoms with Gasteiger partial charge in [-0.2, -0.15) is 13.2 Å². The highest BCUT2D eigenvalue weighted by molar-refractivity contribution is 6.05. The SMILES string of the molecule is CC(=O)Oc1c(C)c(C)c2c(c1C)CCC(C)(COc1ccc(N(Cc3ccccc3)C(=O)c3cccnc3)cc1C(F)(F)F)O2. The van der Waals surface area contributed by atoms with Gasteiger partial charge in [0.25, 0.3) is 5.91 Å². The van der Waals surface area contributed by atoms with Gasteiger partial charge in [-0.05, 0) is 93.1 Å². The van der Waals surface area contributed by atoms with Gasteiger partial charge in [-0.1, -0.05) is 30.3 Å². The van der Waals surface area contributed by atoms with E-state index in [1.807, 2.05) is 26.8 Å². The lowest BCUT2D eigenvalue weighted by atomic mass is 9.87. The molecule has 1 unspecified atom stereocenters. The lowest BCUT2D eigenvalue weighted by Crippen LogP contribution is -2.42. The number of amides is 1. The average molecular weight is 633 g/mol. The van der Waals surface area contributed by atoms with Gasteiger partial charge in [0, 0.05) is 30.6 Å². The highest BCUT2D eigenvalue weighted by Gasteiger charge is 2.39. The molecule has 0 radical (unpaired) electrons. The van der Waals surface area contributed by atoms with Crippen LogP contribution in [0.1, 0.15) is 64.0 Å². The van der Waals surface area contributed by atoms with Crippen molar-refractivity contribution in [1.82, 2.24) is 4.98 Å². The summed E-state index contributed by atoms with van der Waals surface area (Å²) in [5, 5.41) is 0. The van der Waals surface area contributed by atoms with Crippen LogP contribution in [-0.4, -0.2) is 29.1 Å². The van der Waals surface area contributed by atoms with E-state index in [0.29, 0.717) is 24.3 Å². The fraction of sp³-hybridized carbons (Fsp3) is 0.306. The first-order valence-corrected chi connectivity index (χ1v) is 14.9. The zero-order chi connectivity index (χ0) is 33.2. The summed E-state index contributed by atoms with van der Waals surface area (Å²) in [6.45, 7) is 8.61. The predicted octanol–water partition coefficient (Wildman–Crippen LogP) is 7.96. The topological polar surface area (TPSA) is 78.0 Å². The van der Waals surface area contributed by atoms with Crippen LogP contribution in [-0.2, 0) is 23.9 Å². The van der Waals surface area contributed by atoms with Crippen molar-refractivity contribution in [3.8, 4) is 17.2 Å². The fourth-order valence-corrected chi connectivity index (χ4v) is 5.64. The molecule has 3 aromatic carbocycles. The van der Waals surface area contributed by atoms with Crippen molar-refractivity contribution in [3.63, 3.8) is 0 Å². The minimum absolute atomic E-state index is 0.0503. The van der Waals surface area contributed by atoms with E-state index in [1.54, 1.807) is 43.3 Å². The Morgan fingerprint density at radius 3 is 2.39 bits per heavy atom. The molecule has 0 aliphatic carbocycles. The molecule has 5 rings (SSSR count). The number of carbonyl (C=O) groups is 2. The Morgan fingerprint density at radius 1 is 1.00 bits per heavy atom. The second-order valence-corrected chi connectivity index (χ2v) is 11.7. The number of halogens is 3. The number of esters is 1. The van der Waals surface area contributed by atoms with E-state index in [2.05, 4.69) is 4.98 Å². The maximum absolute atomic E-state index is 14.5. The standard InChI is InChI=1S/C36H35F3N2O5/c1-22-23(2)33-29(24(3)32(22)45-25(4)42)15-16-35(5,46-33)21-44-31-14-13-28(18-30(31)36(37,38)39)41(20-26-10-7-6-8-11-26)34(43)27-12-9-17-40-19-27/h6-14,17-19H,15-16,20-21H2,1-5H3. The molecule has 0 bridgehead atoms. The van der Waals surface area contributed by atoms with E-state index >= 15 is 0 Å². The zero-order valence-electron chi connectivity index (χ0n) is 26.3. The minimum atomic E-state index is -4.76. The van der Waals surface area contributed by atoms with E-state index in [4.69, 9.17) is 14.2 Å². The van der Waals surface area contributed by atoms with Crippen LogP contribution in [0.15, 0.2) is 73.1 Å². The Morgan fingerprint density at radius 2 is 1.74 bits per heavy atom. The largest absolute Gasteiger partial charge is 0.489 e. The van der Waals surface area contributed by atoms with Crippen LogP contribution in [0.4, 0.5) is 18.9 Å². The quantitative estimate of drug-likeness (QED) is 0.145. The molecule has 1 atom stereocenters. The molecular weight excluding hydrogens is 597 g/mol. The van der Waals surface area contributed by atoms with Crippen molar-refractivity contribution >= 4 is 17.6 Å². The maximum Gasteiger partial charge on any atom is 0.420 e. The van der Waals surface area contributed by atoms with Crippen molar-refractivity contribution in [3.05, 3.63) is 112 Å². The Kier molecular flexibility index (Phi) is 9.10. The number of nitrogens with zero attached hydrogens (tertiary/aromatic N) is 2. The first kappa shape index (κ1) is 32.5. The monoisotopic (exact) mass is 632 g/mol. The van der Waals surface area contributed by atoms with Gasteiger partial charge in [-0.25, -0.2) is 0 Å². The number of aromatic nitrogens is 1. The van der Waals surface area contributed by atoms with Crippen molar-refractivity contribution in [1.29, 1.82) is 0 Å². The third kappa shape index (κ3) is 6.85. The summed E-state index contributed by atoms with van der Waals surface area (Å²) in [4.78, 5) is 30.5. The number of ether oxygens (including phenoxy) is 3. The molecule has 2 heterocycles. The summed E-state index contributed by atoms with van der Waals surface area (Å²) in [5.74, 6) is -0.143. The van der Waals surface area contributed by atoms with Crippen molar-refractivity contribution in [2.24, 2.45) is 0 Å². The van der Waals surface area contributed by atoms with E-state index < -0.39 is 29.2 Å². The predicted molar refractivity (Wildman–Crippen MR) is 167 cm³/mol. The van der Waals surface area contributed by atoms with Gasteiger partial charge in [0.2, 0.25) is 0 Å². The van der Waals surface area contributed by atoms with Gasteiger partial charge >= 0.3 is 12.1 Å². The number of pyridine rings is 1. The maximum atomic E-state index is 14.5. The first-order chi connectivity index (χ1) is 21.8. The van der Waals surface area contributed by atoms with Crippen LogP contribution in [0, 0.1) is 20.8 Å². The van der Waals surface area contributed by atoms with Gasteiger partial charge in [0.05, 0.1) is 17.7 Å². The summed E-state index contributed by atoms with van der Waals surface area (Å²) in [6.07, 6.45) is -0.836. The average Bonchev–Trinajstić information content (AvgIpc) is 3.03. The van der Waals surface area contributed by atoms with E-state index in [-0.39, 0.29) is 30.2 Å². The number of rotatable bonds is 8. The summed E-state index contributed by atoms with van der Waals surface area (Å²) in [5.41, 5.74) is 2.37. The molecule has 0 saturated carbocycles. The Balaban J connectivity index is 1.44. The molecule has 7 nitrogen and oxygen atoms in total. The van der Waals surface area contributed by atoms with E-state index in [0.717, 1.165) is 33.9 Å². The van der Waals surface area contributed by atoms with Crippen LogP contribution in [0.5, 0.6) is 17.2 Å². The fourth-order valence-electron chi connectivity index (χ4n) is 5.64. The third-order valence-corrected chi connectivity index (χ3v) is 8.26. The normalized spacial score (nSPS) is 15.8.